The van der Waals surface area contributed by atoms with Crippen molar-refractivity contribution in [1.29, 1.82) is 0 Å². The van der Waals surface area contributed by atoms with Crippen LogP contribution in [-0.2, 0) is 13.1 Å². The monoisotopic (exact) mass is 260 g/mol. The highest BCUT2D eigenvalue weighted by Crippen LogP contribution is 2.18. The van der Waals surface area contributed by atoms with Gasteiger partial charge in [-0.15, -0.1) is 0 Å². The maximum Gasteiger partial charge on any atom is 0.0841 e. The Balaban J connectivity index is 2.12. The van der Waals surface area contributed by atoms with Gasteiger partial charge in [0.05, 0.1) is 11.2 Å². The van der Waals surface area contributed by atoms with Gasteiger partial charge in [-0.05, 0) is 34.0 Å². The quantitative estimate of drug-likeness (QED) is 0.863. The lowest BCUT2D eigenvalue weighted by Crippen LogP contribution is -2.35. The molecule has 1 N–H and O–H groups in total. The summed E-state index contributed by atoms with van der Waals surface area (Å²) < 4.78 is 2.07. The molecule has 0 amide bonds. The van der Waals surface area contributed by atoms with E-state index in [2.05, 4.69) is 67.1 Å². The van der Waals surface area contributed by atoms with Crippen LogP contribution in [-0.4, -0.2) is 41.4 Å². The molecular formula is C15H24N4. The Kier molecular flexibility index (Phi) is 4.56. The Morgan fingerprint density at radius 3 is 2.74 bits per heavy atom. The van der Waals surface area contributed by atoms with Crippen LogP contribution in [0.15, 0.2) is 24.3 Å². The fourth-order valence-corrected chi connectivity index (χ4v) is 2.45. The van der Waals surface area contributed by atoms with Crippen molar-refractivity contribution in [2.45, 2.75) is 33.0 Å². The van der Waals surface area contributed by atoms with E-state index in [1.807, 2.05) is 0 Å². The molecule has 0 spiro atoms. The molecule has 19 heavy (non-hydrogen) atoms. The number of likely N-dealkylation sites (N-methyl/N-ethyl adjacent to an activating group) is 1. The zero-order valence-corrected chi connectivity index (χ0v) is 12.3. The second-order valence-electron chi connectivity index (χ2n) is 5.32. The summed E-state index contributed by atoms with van der Waals surface area (Å²) in [6, 6.07) is 8.90. The summed E-state index contributed by atoms with van der Waals surface area (Å²) >= 11 is 0. The molecule has 1 aromatic heterocycles. The number of aryl methyl sites for hydroxylation is 1. The normalized spacial score (nSPS) is 13.3. The fourth-order valence-electron chi connectivity index (χ4n) is 2.45. The number of hydrogen-bond donors (Lipinski definition) is 1. The third-order valence-electron chi connectivity index (χ3n) is 3.29. The summed E-state index contributed by atoms with van der Waals surface area (Å²) in [7, 11) is 4.19. The van der Waals surface area contributed by atoms with Gasteiger partial charge < -0.3 is 10.2 Å². The molecular weight excluding hydrogens is 236 g/mol. The molecule has 104 valence electrons. The molecule has 1 heterocycles. The lowest BCUT2D eigenvalue weighted by Gasteiger charge is -2.17. The molecule has 1 atom stereocenters. The van der Waals surface area contributed by atoms with E-state index in [0.29, 0.717) is 6.04 Å². The Labute approximate surface area is 115 Å². The molecule has 0 aliphatic heterocycles. The van der Waals surface area contributed by atoms with E-state index in [1.165, 1.54) is 10.9 Å². The van der Waals surface area contributed by atoms with Crippen molar-refractivity contribution in [2.24, 2.45) is 0 Å². The summed E-state index contributed by atoms with van der Waals surface area (Å²) in [5.41, 5.74) is 2.37. The Hall–Kier alpha value is -1.39. The van der Waals surface area contributed by atoms with E-state index in [9.17, 15) is 0 Å². The molecule has 4 heteroatoms. The van der Waals surface area contributed by atoms with Gasteiger partial charge in [0.1, 0.15) is 0 Å². The Bertz CT molecular complexity index is 530. The highest BCUT2D eigenvalue weighted by atomic mass is 15.3. The maximum absolute atomic E-state index is 4.70. The minimum atomic E-state index is 0.459. The van der Waals surface area contributed by atoms with Crippen LogP contribution >= 0.6 is 0 Å². The molecule has 0 aliphatic carbocycles. The van der Waals surface area contributed by atoms with Gasteiger partial charge >= 0.3 is 0 Å². The highest BCUT2D eigenvalue weighted by molar-refractivity contribution is 5.81. The molecule has 1 unspecified atom stereocenters. The summed E-state index contributed by atoms with van der Waals surface area (Å²) in [5.74, 6) is 0. The van der Waals surface area contributed by atoms with E-state index >= 15 is 0 Å². The maximum atomic E-state index is 4.70. The third kappa shape index (κ3) is 3.33. The van der Waals surface area contributed by atoms with Crippen LogP contribution in [0, 0.1) is 0 Å². The number of rotatable bonds is 6. The lowest BCUT2D eigenvalue weighted by atomic mass is 10.2. The minimum absolute atomic E-state index is 0.459. The predicted molar refractivity (Wildman–Crippen MR) is 80.3 cm³/mol. The molecule has 0 aliphatic rings. The second kappa shape index (κ2) is 6.17. The van der Waals surface area contributed by atoms with E-state index in [-0.39, 0.29) is 0 Å². The molecule has 0 saturated carbocycles. The minimum Gasteiger partial charge on any atom is -0.308 e. The number of nitrogens with zero attached hydrogens (tertiary/aromatic N) is 3. The van der Waals surface area contributed by atoms with E-state index in [1.54, 1.807) is 0 Å². The van der Waals surface area contributed by atoms with Crippen LogP contribution in [0.2, 0.25) is 0 Å². The van der Waals surface area contributed by atoms with Crippen molar-refractivity contribution in [3.8, 4) is 0 Å². The smallest absolute Gasteiger partial charge is 0.0841 e. The van der Waals surface area contributed by atoms with Gasteiger partial charge in [-0.2, -0.15) is 5.10 Å². The molecule has 2 aromatic rings. The number of fused-ring (bicyclic) bond motifs is 1. The molecule has 1 aromatic carbocycles. The zero-order valence-electron chi connectivity index (χ0n) is 12.3. The van der Waals surface area contributed by atoms with Crippen LogP contribution in [0.25, 0.3) is 10.9 Å². The summed E-state index contributed by atoms with van der Waals surface area (Å²) in [5, 5.41) is 9.50. The van der Waals surface area contributed by atoms with Crippen LogP contribution in [0.3, 0.4) is 0 Å². The Morgan fingerprint density at radius 1 is 1.32 bits per heavy atom. The van der Waals surface area contributed by atoms with Crippen molar-refractivity contribution >= 4 is 10.9 Å². The predicted octanol–water partition coefficient (Wildman–Crippen LogP) is 2.10. The standard InChI is InChI=1S/C15H24N4/c1-5-19-15-9-7-6-8-13(15)14(17-19)10-16-12(2)11-18(3)4/h6-9,12,16H,5,10-11H2,1-4H3. The van der Waals surface area contributed by atoms with Crippen LogP contribution in [0.5, 0.6) is 0 Å². The van der Waals surface area contributed by atoms with Crippen molar-refractivity contribution in [1.82, 2.24) is 20.0 Å². The zero-order chi connectivity index (χ0) is 13.8. The lowest BCUT2D eigenvalue weighted by molar-refractivity contribution is 0.348. The SMILES string of the molecule is CCn1nc(CNC(C)CN(C)C)c2ccccc21. The second-order valence-corrected chi connectivity index (χ2v) is 5.32. The fraction of sp³-hybridized carbons (Fsp3) is 0.533. The molecule has 0 fully saturated rings. The summed E-state index contributed by atoms with van der Waals surface area (Å²) in [6.07, 6.45) is 0. The summed E-state index contributed by atoms with van der Waals surface area (Å²) in [6.45, 7) is 7.10. The number of nitrogens with one attached hydrogen (secondary N) is 1. The van der Waals surface area contributed by atoms with Gasteiger partial charge in [-0.3, -0.25) is 4.68 Å². The average molecular weight is 260 g/mol. The molecule has 0 bridgehead atoms. The highest BCUT2D eigenvalue weighted by Gasteiger charge is 2.10. The van der Waals surface area contributed by atoms with Gasteiger partial charge in [0.25, 0.3) is 0 Å². The third-order valence-corrected chi connectivity index (χ3v) is 3.29. The molecule has 0 saturated heterocycles. The molecule has 2 rings (SSSR count). The largest absolute Gasteiger partial charge is 0.308 e. The first-order valence-electron chi connectivity index (χ1n) is 6.94. The number of aromatic nitrogens is 2. The topological polar surface area (TPSA) is 33.1 Å². The van der Waals surface area contributed by atoms with Crippen LogP contribution < -0.4 is 5.32 Å². The van der Waals surface area contributed by atoms with Crippen LogP contribution in [0.4, 0.5) is 0 Å². The van der Waals surface area contributed by atoms with Gasteiger partial charge in [-0.25, -0.2) is 0 Å². The first-order chi connectivity index (χ1) is 9.11. The van der Waals surface area contributed by atoms with Crippen molar-refractivity contribution in [3.63, 3.8) is 0 Å². The van der Waals surface area contributed by atoms with E-state index < -0.39 is 0 Å². The number of para-hydroxylation sites is 1. The Morgan fingerprint density at radius 2 is 2.05 bits per heavy atom. The van der Waals surface area contributed by atoms with Crippen molar-refractivity contribution in [2.75, 3.05) is 20.6 Å². The number of benzene rings is 1. The molecule has 4 nitrogen and oxygen atoms in total. The van der Waals surface area contributed by atoms with E-state index in [4.69, 9.17) is 5.10 Å². The van der Waals surface area contributed by atoms with Gasteiger partial charge in [0, 0.05) is 31.1 Å². The van der Waals surface area contributed by atoms with Gasteiger partial charge in [-0.1, -0.05) is 18.2 Å². The van der Waals surface area contributed by atoms with Crippen molar-refractivity contribution < 1.29 is 0 Å². The molecule has 0 radical (unpaired) electrons. The first-order valence-corrected chi connectivity index (χ1v) is 6.94. The number of hydrogen-bond acceptors (Lipinski definition) is 3. The van der Waals surface area contributed by atoms with Gasteiger partial charge in [0.15, 0.2) is 0 Å². The van der Waals surface area contributed by atoms with Crippen molar-refractivity contribution in [3.05, 3.63) is 30.0 Å². The first kappa shape index (κ1) is 14.0. The van der Waals surface area contributed by atoms with Gasteiger partial charge in [0.2, 0.25) is 0 Å². The average Bonchev–Trinajstić information content (AvgIpc) is 2.74. The van der Waals surface area contributed by atoms with Crippen LogP contribution in [0.1, 0.15) is 19.5 Å². The van der Waals surface area contributed by atoms with E-state index in [0.717, 1.165) is 25.3 Å². The summed E-state index contributed by atoms with van der Waals surface area (Å²) in [4.78, 5) is 2.19.